The number of rotatable bonds is 4. The maximum absolute atomic E-state index is 10.9. The van der Waals surface area contributed by atoms with E-state index in [-0.39, 0.29) is 0 Å². The lowest BCUT2D eigenvalue weighted by Crippen LogP contribution is -2.55. The minimum atomic E-state index is -0.736. The molecule has 0 amide bonds. The summed E-state index contributed by atoms with van der Waals surface area (Å²) in [5, 5.41) is 10.9. The van der Waals surface area contributed by atoms with Crippen LogP contribution in [-0.4, -0.2) is 54.6 Å². The van der Waals surface area contributed by atoms with Crippen molar-refractivity contribution in [2.75, 3.05) is 32.9 Å². The highest BCUT2D eigenvalue weighted by Gasteiger charge is 2.37. The Balaban J connectivity index is 1.57. The van der Waals surface area contributed by atoms with Crippen LogP contribution in [0.3, 0.4) is 0 Å². The maximum Gasteiger partial charge on any atom is 0.119 e. The zero-order chi connectivity index (χ0) is 15.4. The summed E-state index contributed by atoms with van der Waals surface area (Å²) in [4.78, 5) is 2.44. The smallest absolute Gasteiger partial charge is 0.119 e. The van der Waals surface area contributed by atoms with Crippen molar-refractivity contribution >= 4 is 0 Å². The molecular weight excluding hydrogens is 278 g/mol. The first-order valence-electron chi connectivity index (χ1n) is 8.38. The molecule has 0 aliphatic carbocycles. The number of β-amino-alcohol motifs (C(OH)–C–C–N with tert-alkyl or cyclic N) is 1. The van der Waals surface area contributed by atoms with Crippen molar-refractivity contribution in [1.82, 2.24) is 4.90 Å². The molecule has 0 radical (unpaired) electrons. The number of ether oxygens (including phenoxy) is 2. The van der Waals surface area contributed by atoms with Crippen LogP contribution in [-0.2, 0) is 4.74 Å². The number of aliphatic hydroxyl groups is 1. The fourth-order valence-corrected chi connectivity index (χ4v) is 3.55. The fraction of sp³-hybridized carbons (Fsp3) is 0.667. The van der Waals surface area contributed by atoms with Crippen molar-refractivity contribution in [1.29, 1.82) is 0 Å². The second-order valence-electron chi connectivity index (χ2n) is 6.75. The first-order valence-corrected chi connectivity index (χ1v) is 8.38. The molecule has 0 saturated carbocycles. The molecule has 2 aliphatic heterocycles. The van der Waals surface area contributed by atoms with Gasteiger partial charge in [-0.2, -0.15) is 0 Å². The number of likely N-dealkylation sites (tertiary alicyclic amines) is 1. The summed E-state index contributed by atoms with van der Waals surface area (Å²) in [6.45, 7) is 5.91. The molecule has 1 aromatic carbocycles. The summed E-state index contributed by atoms with van der Waals surface area (Å²) in [5.74, 6) is 0.844. The highest BCUT2D eigenvalue weighted by atomic mass is 16.5. The van der Waals surface area contributed by atoms with Gasteiger partial charge in [0.05, 0.1) is 0 Å². The number of hydrogen-bond acceptors (Lipinski definition) is 4. The first kappa shape index (κ1) is 15.8. The zero-order valence-corrected chi connectivity index (χ0v) is 13.5. The molecule has 122 valence electrons. The van der Waals surface area contributed by atoms with Gasteiger partial charge in [-0.15, -0.1) is 0 Å². The quantitative estimate of drug-likeness (QED) is 0.927. The van der Waals surface area contributed by atoms with Gasteiger partial charge in [0.1, 0.15) is 18.0 Å². The second kappa shape index (κ2) is 6.99. The van der Waals surface area contributed by atoms with E-state index >= 15 is 0 Å². The lowest BCUT2D eigenvalue weighted by molar-refractivity contribution is -0.0814. The van der Waals surface area contributed by atoms with Gasteiger partial charge in [0.25, 0.3) is 0 Å². The summed E-state index contributed by atoms with van der Waals surface area (Å²) in [6.07, 6.45) is 4.01. The lowest BCUT2D eigenvalue weighted by Gasteiger charge is -2.43. The maximum atomic E-state index is 10.9. The van der Waals surface area contributed by atoms with E-state index in [0.717, 1.165) is 51.2 Å². The number of piperidine rings is 1. The van der Waals surface area contributed by atoms with E-state index < -0.39 is 5.60 Å². The molecule has 1 unspecified atom stereocenters. The van der Waals surface area contributed by atoms with Crippen molar-refractivity contribution in [2.45, 2.75) is 44.2 Å². The highest BCUT2D eigenvalue weighted by molar-refractivity contribution is 5.27. The van der Waals surface area contributed by atoms with E-state index in [2.05, 4.69) is 17.9 Å². The van der Waals surface area contributed by atoms with Crippen LogP contribution in [0.1, 0.15) is 31.2 Å². The van der Waals surface area contributed by atoms with Gasteiger partial charge < -0.3 is 14.6 Å². The largest absolute Gasteiger partial charge is 0.491 e. The molecule has 3 rings (SSSR count). The summed E-state index contributed by atoms with van der Waals surface area (Å²) in [6, 6.07) is 8.57. The van der Waals surface area contributed by atoms with Crippen LogP contribution < -0.4 is 4.74 Å². The van der Waals surface area contributed by atoms with Gasteiger partial charge in [-0.05, 0) is 56.8 Å². The van der Waals surface area contributed by atoms with Gasteiger partial charge in [-0.1, -0.05) is 12.1 Å². The van der Waals surface area contributed by atoms with Crippen molar-refractivity contribution in [3.8, 4) is 5.75 Å². The van der Waals surface area contributed by atoms with E-state index in [4.69, 9.17) is 9.47 Å². The van der Waals surface area contributed by atoms with Gasteiger partial charge in [0, 0.05) is 25.8 Å². The molecular formula is C18H27NO3. The third kappa shape index (κ3) is 4.00. The predicted molar refractivity (Wildman–Crippen MR) is 86.3 cm³/mol. The molecule has 1 N–H and O–H groups in total. The molecule has 0 bridgehead atoms. The van der Waals surface area contributed by atoms with Crippen molar-refractivity contribution in [3.63, 3.8) is 0 Å². The normalized spacial score (nSPS) is 27.7. The topological polar surface area (TPSA) is 41.9 Å². The Bertz CT molecular complexity index is 487. The van der Waals surface area contributed by atoms with Crippen LogP contribution in [0.2, 0.25) is 0 Å². The molecule has 0 spiro atoms. The molecule has 2 fully saturated rings. The Kier molecular flexibility index (Phi) is 5.01. The molecule has 4 heteroatoms. The van der Waals surface area contributed by atoms with E-state index in [1.165, 1.54) is 5.56 Å². The fourth-order valence-electron chi connectivity index (χ4n) is 3.55. The Morgan fingerprint density at radius 2 is 2.18 bits per heavy atom. The van der Waals surface area contributed by atoms with Crippen LogP contribution in [0.4, 0.5) is 0 Å². The average Bonchev–Trinajstić information content (AvgIpc) is 2.54. The Morgan fingerprint density at radius 3 is 2.95 bits per heavy atom. The van der Waals surface area contributed by atoms with Gasteiger partial charge in [-0.25, -0.2) is 0 Å². The minimum Gasteiger partial charge on any atom is -0.491 e. The van der Waals surface area contributed by atoms with Gasteiger partial charge in [-0.3, -0.25) is 4.90 Å². The van der Waals surface area contributed by atoms with Gasteiger partial charge in [0.2, 0.25) is 0 Å². The molecule has 2 aliphatic rings. The monoisotopic (exact) mass is 305 g/mol. The van der Waals surface area contributed by atoms with Crippen molar-refractivity contribution in [2.24, 2.45) is 0 Å². The molecule has 1 atom stereocenters. The minimum absolute atomic E-state index is 0.371. The number of hydrogen-bond donors (Lipinski definition) is 1. The first-order chi connectivity index (χ1) is 10.6. The number of nitrogens with zero attached hydrogens (tertiary/aromatic N) is 1. The van der Waals surface area contributed by atoms with Crippen LogP contribution in [0.5, 0.6) is 5.75 Å². The van der Waals surface area contributed by atoms with Gasteiger partial charge >= 0.3 is 0 Å². The van der Waals surface area contributed by atoms with E-state index in [1.807, 2.05) is 18.2 Å². The van der Waals surface area contributed by atoms with Crippen LogP contribution in [0.15, 0.2) is 24.3 Å². The standard InChI is InChI=1S/C18H27NO3/c1-15-4-2-5-17(12-15)22-14-18(20)8-3-9-19(13-18)16-6-10-21-11-7-16/h2,4-5,12,16,20H,3,6-11,13-14H2,1H3. The van der Waals surface area contributed by atoms with Crippen LogP contribution in [0.25, 0.3) is 0 Å². The predicted octanol–water partition coefficient (Wildman–Crippen LogP) is 2.38. The third-order valence-corrected chi connectivity index (χ3v) is 4.79. The van der Waals surface area contributed by atoms with E-state index in [1.54, 1.807) is 0 Å². The molecule has 1 aromatic rings. The van der Waals surface area contributed by atoms with Crippen molar-refractivity contribution in [3.05, 3.63) is 29.8 Å². The molecule has 2 heterocycles. The lowest BCUT2D eigenvalue weighted by atomic mass is 9.91. The molecule has 2 saturated heterocycles. The van der Waals surface area contributed by atoms with E-state index in [9.17, 15) is 5.11 Å². The molecule has 22 heavy (non-hydrogen) atoms. The van der Waals surface area contributed by atoms with Crippen LogP contribution in [0, 0.1) is 6.92 Å². The third-order valence-electron chi connectivity index (χ3n) is 4.79. The summed E-state index contributed by atoms with van der Waals surface area (Å²) < 4.78 is 11.3. The SMILES string of the molecule is Cc1cccc(OCC2(O)CCCN(C3CCOCC3)C2)c1. The zero-order valence-electron chi connectivity index (χ0n) is 13.5. The summed E-state index contributed by atoms with van der Waals surface area (Å²) in [5.41, 5.74) is 0.442. The Morgan fingerprint density at radius 1 is 1.36 bits per heavy atom. The molecule has 0 aromatic heterocycles. The van der Waals surface area contributed by atoms with Crippen LogP contribution >= 0.6 is 0 Å². The number of aryl methyl sites for hydroxylation is 1. The summed E-state index contributed by atoms with van der Waals surface area (Å²) in [7, 11) is 0. The van der Waals surface area contributed by atoms with E-state index in [0.29, 0.717) is 19.2 Å². The Labute approximate surface area is 133 Å². The van der Waals surface area contributed by atoms with Gasteiger partial charge in [0.15, 0.2) is 0 Å². The molecule has 4 nitrogen and oxygen atoms in total. The summed E-state index contributed by atoms with van der Waals surface area (Å²) >= 11 is 0. The number of benzene rings is 1. The second-order valence-corrected chi connectivity index (χ2v) is 6.75. The Hall–Kier alpha value is -1.10. The average molecular weight is 305 g/mol. The van der Waals surface area contributed by atoms with Crippen molar-refractivity contribution < 1.29 is 14.6 Å². The highest BCUT2D eigenvalue weighted by Crippen LogP contribution is 2.27.